The summed E-state index contributed by atoms with van der Waals surface area (Å²) in [5, 5.41) is 19.1. The van der Waals surface area contributed by atoms with Gasteiger partial charge in [0.15, 0.2) is 5.82 Å². The highest BCUT2D eigenvalue weighted by atomic mass is 16.1. The van der Waals surface area contributed by atoms with Crippen LogP contribution in [0.15, 0.2) is 73.3 Å². The van der Waals surface area contributed by atoms with Gasteiger partial charge < -0.3 is 15.6 Å². The summed E-state index contributed by atoms with van der Waals surface area (Å²) in [6.45, 7) is 0. The molecule has 0 saturated carbocycles. The SMILES string of the molecule is Cn1cc(NC(=O)c2cc3ccc(-c4nccc(Nc5ccc6[nH]ncc6c5)n4)cc3[nH]2)cn1. The van der Waals surface area contributed by atoms with Gasteiger partial charge in [-0.15, -0.1) is 0 Å². The third kappa shape index (κ3) is 3.73. The van der Waals surface area contributed by atoms with Crippen molar-refractivity contribution in [1.82, 2.24) is 34.9 Å². The lowest BCUT2D eigenvalue weighted by Gasteiger charge is -2.07. The Kier molecular flexibility index (Phi) is 4.54. The van der Waals surface area contributed by atoms with Gasteiger partial charge >= 0.3 is 0 Å². The molecule has 1 amide bonds. The number of aryl methyl sites for hydroxylation is 1. The average Bonchev–Trinajstić information content (AvgIpc) is 3.58. The average molecular weight is 449 g/mol. The van der Waals surface area contributed by atoms with Crippen molar-refractivity contribution < 1.29 is 4.79 Å². The Labute approximate surface area is 193 Å². The van der Waals surface area contributed by atoms with Crippen LogP contribution in [0.3, 0.4) is 0 Å². The molecule has 166 valence electrons. The summed E-state index contributed by atoms with van der Waals surface area (Å²) in [6.07, 6.45) is 6.84. The van der Waals surface area contributed by atoms with E-state index in [1.54, 1.807) is 36.5 Å². The van der Waals surface area contributed by atoms with Crippen molar-refractivity contribution in [3.63, 3.8) is 0 Å². The van der Waals surface area contributed by atoms with Crippen molar-refractivity contribution in [3.8, 4) is 11.4 Å². The highest BCUT2D eigenvalue weighted by molar-refractivity contribution is 6.06. The van der Waals surface area contributed by atoms with Crippen molar-refractivity contribution in [2.24, 2.45) is 7.05 Å². The molecule has 0 atom stereocenters. The molecule has 6 aromatic rings. The molecule has 0 spiro atoms. The highest BCUT2D eigenvalue weighted by Crippen LogP contribution is 2.25. The van der Waals surface area contributed by atoms with E-state index in [1.807, 2.05) is 48.5 Å². The number of benzene rings is 2. The second-order valence-electron chi connectivity index (χ2n) is 7.90. The fourth-order valence-electron chi connectivity index (χ4n) is 3.81. The zero-order valence-corrected chi connectivity index (χ0v) is 18.1. The Morgan fingerprint density at radius 1 is 0.971 bits per heavy atom. The molecule has 10 nitrogen and oxygen atoms in total. The maximum absolute atomic E-state index is 12.6. The highest BCUT2D eigenvalue weighted by Gasteiger charge is 2.12. The van der Waals surface area contributed by atoms with Crippen LogP contribution in [-0.2, 0) is 7.05 Å². The predicted molar refractivity (Wildman–Crippen MR) is 130 cm³/mol. The number of fused-ring (bicyclic) bond motifs is 2. The molecule has 0 aliphatic carbocycles. The van der Waals surface area contributed by atoms with Crippen LogP contribution in [0.5, 0.6) is 0 Å². The van der Waals surface area contributed by atoms with E-state index in [4.69, 9.17) is 0 Å². The fourth-order valence-corrected chi connectivity index (χ4v) is 3.81. The van der Waals surface area contributed by atoms with Crippen LogP contribution in [-0.4, -0.2) is 40.8 Å². The first-order chi connectivity index (χ1) is 16.6. The molecule has 0 unspecified atom stereocenters. The van der Waals surface area contributed by atoms with E-state index in [1.165, 1.54) is 0 Å². The van der Waals surface area contributed by atoms with E-state index in [0.29, 0.717) is 23.0 Å². The maximum Gasteiger partial charge on any atom is 0.272 e. The van der Waals surface area contributed by atoms with Crippen LogP contribution in [0.2, 0.25) is 0 Å². The molecule has 34 heavy (non-hydrogen) atoms. The van der Waals surface area contributed by atoms with Gasteiger partial charge in [0, 0.05) is 47.0 Å². The van der Waals surface area contributed by atoms with Gasteiger partial charge in [-0.3, -0.25) is 14.6 Å². The molecular formula is C24H19N9O. The first-order valence-corrected chi connectivity index (χ1v) is 10.6. The first-order valence-electron chi connectivity index (χ1n) is 10.6. The maximum atomic E-state index is 12.6. The van der Waals surface area contributed by atoms with Gasteiger partial charge in [-0.1, -0.05) is 12.1 Å². The van der Waals surface area contributed by atoms with Crippen LogP contribution in [0, 0.1) is 0 Å². The fraction of sp³-hybridized carbons (Fsp3) is 0.0417. The second kappa shape index (κ2) is 7.85. The molecule has 4 aromatic heterocycles. The lowest BCUT2D eigenvalue weighted by atomic mass is 10.1. The third-order valence-electron chi connectivity index (χ3n) is 5.46. The Hall–Kier alpha value is -4.99. The van der Waals surface area contributed by atoms with Crippen LogP contribution in [0.25, 0.3) is 33.2 Å². The summed E-state index contributed by atoms with van der Waals surface area (Å²) < 4.78 is 1.63. The van der Waals surface area contributed by atoms with E-state index in [2.05, 4.69) is 40.9 Å². The Balaban J connectivity index is 1.25. The lowest BCUT2D eigenvalue weighted by Crippen LogP contribution is -2.11. The molecule has 0 fully saturated rings. The van der Waals surface area contributed by atoms with Gasteiger partial charge in [-0.2, -0.15) is 10.2 Å². The van der Waals surface area contributed by atoms with E-state index in [0.717, 1.165) is 33.1 Å². The number of anilines is 3. The van der Waals surface area contributed by atoms with E-state index >= 15 is 0 Å². The summed E-state index contributed by atoms with van der Waals surface area (Å²) in [5.41, 5.74) is 4.63. The van der Waals surface area contributed by atoms with Crippen molar-refractivity contribution in [1.29, 1.82) is 0 Å². The molecule has 4 N–H and O–H groups in total. The van der Waals surface area contributed by atoms with Crippen molar-refractivity contribution >= 4 is 44.9 Å². The van der Waals surface area contributed by atoms with E-state index in [9.17, 15) is 4.79 Å². The number of carbonyl (C=O) groups excluding carboxylic acids is 1. The molecular weight excluding hydrogens is 430 g/mol. The largest absolute Gasteiger partial charge is 0.350 e. The Morgan fingerprint density at radius 3 is 2.79 bits per heavy atom. The quantitative estimate of drug-likeness (QED) is 0.312. The Morgan fingerprint density at radius 2 is 1.91 bits per heavy atom. The van der Waals surface area contributed by atoms with Gasteiger partial charge in [0.05, 0.1) is 23.6 Å². The van der Waals surface area contributed by atoms with Gasteiger partial charge in [0.1, 0.15) is 11.5 Å². The molecule has 0 aliphatic heterocycles. The standard InChI is InChI=1S/C24H19N9O/c1-33-13-18(12-27-33)29-24(34)21-9-14-2-3-15(10-20(14)30-21)23-25-7-6-22(31-23)28-17-4-5-19-16(8-17)11-26-32-19/h2-13,30H,1H3,(H,26,32)(H,29,34)(H,25,28,31). The van der Waals surface area contributed by atoms with Crippen LogP contribution in [0.1, 0.15) is 10.5 Å². The van der Waals surface area contributed by atoms with Crippen molar-refractivity contribution in [2.75, 3.05) is 10.6 Å². The summed E-state index contributed by atoms with van der Waals surface area (Å²) in [4.78, 5) is 24.9. The number of aromatic nitrogens is 7. The first kappa shape index (κ1) is 19.7. The summed E-state index contributed by atoms with van der Waals surface area (Å²) in [6, 6.07) is 15.4. The third-order valence-corrected chi connectivity index (χ3v) is 5.46. The Bertz CT molecular complexity index is 1660. The summed E-state index contributed by atoms with van der Waals surface area (Å²) in [5.74, 6) is 1.02. The summed E-state index contributed by atoms with van der Waals surface area (Å²) >= 11 is 0. The van der Waals surface area contributed by atoms with Gasteiger partial charge in [-0.05, 0) is 36.4 Å². The summed E-state index contributed by atoms with van der Waals surface area (Å²) in [7, 11) is 1.80. The number of rotatable bonds is 5. The van der Waals surface area contributed by atoms with Crippen LogP contribution < -0.4 is 10.6 Å². The predicted octanol–water partition coefficient (Wildman–Crippen LogP) is 4.23. The minimum absolute atomic E-state index is 0.234. The monoisotopic (exact) mass is 449 g/mol. The molecule has 6 rings (SSSR count). The zero-order valence-electron chi connectivity index (χ0n) is 18.1. The zero-order chi connectivity index (χ0) is 23.1. The number of H-pyrrole nitrogens is 2. The molecule has 0 saturated heterocycles. The lowest BCUT2D eigenvalue weighted by molar-refractivity contribution is 0.102. The van der Waals surface area contributed by atoms with Gasteiger partial charge in [0.25, 0.3) is 5.91 Å². The smallest absolute Gasteiger partial charge is 0.272 e. The number of carbonyl (C=O) groups is 1. The molecule has 0 aliphatic rings. The number of amides is 1. The number of nitrogens with zero attached hydrogens (tertiary/aromatic N) is 5. The minimum Gasteiger partial charge on any atom is -0.350 e. The molecule has 4 heterocycles. The van der Waals surface area contributed by atoms with E-state index in [-0.39, 0.29) is 5.91 Å². The number of aromatic amines is 2. The van der Waals surface area contributed by atoms with Gasteiger partial charge in [0.2, 0.25) is 0 Å². The number of hydrogen-bond donors (Lipinski definition) is 4. The topological polar surface area (TPSA) is 129 Å². The van der Waals surface area contributed by atoms with Gasteiger partial charge in [-0.25, -0.2) is 9.97 Å². The molecule has 10 heteroatoms. The van der Waals surface area contributed by atoms with E-state index < -0.39 is 0 Å². The molecule has 0 radical (unpaired) electrons. The van der Waals surface area contributed by atoms with Crippen LogP contribution in [0.4, 0.5) is 17.2 Å². The second-order valence-corrected chi connectivity index (χ2v) is 7.90. The number of hydrogen-bond acceptors (Lipinski definition) is 6. The van der Waals surface area contributed by atoms with Crippen molar-refractivity contribution in [3.05, 3.63) is 79.0 Å². The normalized spacial score (nSPS) is 11.2. The molecule has 0 bridgehead atoms. The van der Waals surface area contributed by atoms with Crippen molar-refractivity contribution in [2.45, 2.75) is 0 Å². The van der Waals surface area contributed by atoms with Crippen LogP contribution >= 0.6 is 0 Å². The molecule has 2 aromatic carbocycles. The number of nitrogens with one attached hydrogen (secondary N) is 4. The minimum atomic E-state index is -0.234.